The summed E-state index contributed by atoms with van der Waals surface area (Å²) in [6.07, 6.45) is 1.13. The minimum Gasteiger partial charge on any atom is -0.358 e. The van der Waals surface area contributed by atoms with Crippen molar-refractivity contribution in [2.75, 3.05) is 0 Å². The molecule has 0 fully saturated rings. The molecule has 0 saturated carbocycles. The van der Waals surface area contributed by atoms with Crippen LogP contribution in [0.3, 0.4) is 0 Å². The van der Waals surface area contributed by atoms with Gasteiger partial charge in [0.2, 0.25) is 0 Å². The van der Waals surface area contributed by atoms with Crippen LogP contribution in [-0.2, 0) is 32.6 Å². The average Bonchev–Trinajstić information content (AvgIpc) is 2.69. The molecule has 20 heavy (non-hydrogen) atoms. The van der Waals surface area contributed by atoms with Gasteiger partial charge in [0, 0.05) is 0 Å². The van der Waals surface area contributed by atoms with E-state index in [1.165, 1.54) is 27.5 Å². The maximum Gasteiger partial charge on any atom is 3.00 e. The van der Waals surface area contributed by atoms with Crippen LogP contribution in [0.25, 0.3) is 10.8 Å². The largest absolute Gasteiger partial charge is 3.00 e. The van der Waals surface area contributed by atoms with E-state index in [2.05, 4.69) is 58.9 Å². The summed E-state index contributed by atoms with van der Waals surface area (Å²) < 4.78 is 0. The Hall–Kier alpha value is -0.287. The number of hydrogen-bond donors (Lipinski definition) is 0. The zero-order valence-electron chi connectivity index (χ0n) is 14.2. The fourth-order valence-electron chi connectivity index (χ4n) is 2.45. The molecule has 1 radical (unpaired) electrons. The average molecular weight is 349 g/mol. The number of benzene rings is 1. The Morgan fingerprint density at radius 2 is 1.55 bits per heavy atom. The van der Waals surface area contributed by atoms with Gasteiger partial charge in [0.05, 0.1) is 0 Å². The van der Waals surface area contributed by atoms with E-state index < -0.39 is 0 Å². The molecule has 0 heterocycles. The van der Waals surface area contributed by atoms with Gasteiger partial charge in [-0.3, -0.25) is 0 Å². The molecule has 2 aromatic rings. The van der Waals surface area contributed by atoms with Crippen molar-refractivity contribution < 1.29 is 26.2 Å². The standard InChI is InChI=1S/C17H23.2CH3.Zr/c1-6-13-7-15-9-14(11(2)3)10-16(12(4)5)17(15)8-13;;;/h7-12H,6H2,1-5H3;2*1H3;/q3*-1;+3. The summed E-state index contributed by atoms with van der Waals surface area (Å²) in [5.74, 6) is 1.21. The molecule has 0 aliphatic carbocycles. The van der Waals surface area contributed by atoms with E-state index in [0.717, 1.165) is 6.42 Å². The Morgan fingerprint density at radius 3 is 2.00 bits per heavy atom. The Balaban J connectivity index is 0. The Morgan fingerprint density at radius 1 is 0.950 bits per heavy atom. The second-order valence-electron chi connectivity index (χ2n) is 5.64. The van der Waals surface area contributed by atoms with Gasteiger partial charge in [-0.25, -0.2) is 0 Å². The van der Waals surface area contributed by atoms with Gasteiger partial charge in [-0.15, -0.1) is 28.5 Å². The number of rotatable bonds is 3. The van der Waals surface area contributed by atoms with Crippen molar-refractivity contribution in [2.24, 2.45) is 0 Å². The van der Waals surface area contributed by atoms with E-state index >= 15 is 0 Å². The number of fused-ring (bicyclic) bond motifs is 1. The molecule has 0 amide bonds. The van der Waals surface area contributed by atoms with Crippen molar-refractivity contribution in [1.29, 1.82) is 0 Å². The zero-order valence-corrected chi connectivity index (χ0v) is 16.6. The first kappa shape index (κ1) is 22.0. The van der Waals surface area contributed by atoms with Crippen LogP contribution < -0.4 is 0 Å². The van der Waals surface area contributed by atoms with Gasteiger partial charge in [-0.1, -0.05) is 51.8 Å². The van der Waals surface area contributed by atoms with Crippen LogP contribution in [0.15, 0.2) is 24.3 Å². The van der Waals surface area contributed by atoms with Crippen LogP contribution >= 0.6 is 0 Å². The molecule has 0 bridgehead atoms. The Bertz CT molecular complexity index is 518. The van der Waals surface area contributed by atoms with Gasteiger partial charge in [0.15, 0.2) is 0 Å². The van der Waals surface area contributed by atoms with Crippen LogP contribution in [0.5, 0.6) is 0 Å². The maximum absolute atomic E-state index is 2.40. The summed E-state index contributed by atoms with van der Waals surface area (Å²) in [5.41, 5.74) is 4.43. The van der Waals surface area contributed by atoms with Gasteiger partial charge >= 0.3 is 26.2 Å². The van der Waals surface area contributed by atoms with Crippen LogP contribution in [0.4, 0.5) is 0 Å². The number of aryl methyl sites for hydroxylation is 1. The second-order valence-corrected chi connectivity index (χ2v) is 5.64. The van der Waals surface area contributed by atoms with Crippen LogP contribution in [-0.4, -0.2) is 0 Å². The van der Waals surface area contributed by atoms with Crippen molar-refractivity contribution in [3.8, 4) is 0 Å². The maximum atomic E-state index is 2.40. The van der Waals surface area contributed by atoms with Crippen LogP contribution in [0.2, 0.25) is 0 Å². The minimum absolute atomic E-state index is 0. The third-order valence-corrected chi connectivity index (χ3v) is 3.63. The zero-order chi connectivity index (χ0) is 12.6. The monoisotopic (exact) mass is 347 g/mol. The van der Waals surface area contributed by atoms with Crippen molar-refractivity contribution in [3.05, 3.63) is 55.8 Å². The summed E-state index contributed by atoms with van der Waals surface area (Å²) in [7, 11) is 0. The molecule has 0 nitrogen and oxygen atoms in total. The van der Waals surface area contributed by atoms with Crippen molar-refractivity contribution in [2.45, 2.75) is 52.9 Å². The molecule has 0 spiro atoms. The molecule has 0 unspecified atom stereocenters. The van der Waals surface area contributed by atoms with Gasteiger partial charge in [-0.05, 0) is 18.3 Å². The first-order valence-corrected chi connectivity index (χ1v) is 6.76. The SMILES string of the molecule is CCc1cc2c(C(C)C)cc(C(C)C)cc2[cH-]1.[CH3-].[CH3-].[Zr+3]. The minimum atomic E-state index is 0. The Kier molecular flexibility index (Phi) is 9.77. The molecule has 0 saturated heterocycles. The Labute approximate surface area is 145 Å². The van der Waals surface area contributed by atoms with E-state index in [9.17, 15) is 0 Å². The van der Waals surface area contributed by atoms with Crippen LogP contribution in [0.1, 0.15) is 63.1 Å². The molecule has 2 aromatic carbocycles. The summed E-state index contributed by atoms with van der Waals surface area (Å²) in [5, 5.41) is 2.89. The third kappa shape index (κ3) is 4.35. The molecule has 2 rings (SSSR count). The van der Waals surface area contributed by atoms with Gasteiger partial charge < -0.3 is 14.9 Å². The van der Waals surface area contributed by atoms with Gasteiger partial charge in [0.1, 0.15) is 0 Å². The van der Waals surface area contributed by atoms with Gasteiger partial charge in [-0.2, -0.15) is 6.07 Å². The second kappa shape index (κ2) is 8.88. The first-order valence-electron chi connectivity index (χ1n) is 6.76. The normalized spacial score (nSPS) is 10.2. The topological polar surface area (TPSA) is 0 Å². The molecule has 0 N–H and O–H groups in total. The summed E-state index contributed by atoms with van der Waals surface area (Å²) >= 11 is 0. The summed E-state index contributed by atoms with van der Waals surface area (Å²) in [6, 6.07) is 9.49. The van der Waals surface area contributed by atoms with E-state index in [4.69, 9.17) is 0 Å². The van der Waals surface area contributed by atoms with Crippen molar-refractivity contribution >= 4 is 10.8 Å². The molecule has 1 heteroatoms. The fraction of sp³-hybridized carbons (Fsp3) is 0.421. The molecular weight excluding hydrogens is 319 g/mol. The smallest absolute Gasteiger partial charge is 0.358 e. The van der Waals surface area contributed by atoms with E-state index in [0.29, 0.717) is 11.8 Å². The van der Waals surface area contributed by atoms with E-state index in [-0.39, 0.29) is 41.1 Å². The molecule has 0 aliphatic heterocycles. The molecule has 109 valence electrons. The van der Waals surface area contributed by atoms with Gasteiger partial charge in [0.25, 0.3) is 0 Å². The van der Waals surface area contributed by atoms with E-state index in [1.807, 2.05) is 0 Å². The summed E-state index contributed by atoms with van der Waals surface area (Å²) in [6.45, 7) is 11.4. The third-order valence-electron chi connectivity index (χ3n) is 3.63. The van der Waals surface area contributed by atoms with E-state index in [1.54, 1.807) is 0 Å². The van der Waals surface area contributed by atoms with Crippen LogP contribution in [0, 0.1) is 14.9 Å². The predicted molar refractivity (Wildman–Crippen MR) is 89.9 cm³/mol. The van der Waals surface area contributed by atoms with Crippen molar-refractivity contribution in [1.82, 2.24) is 0 Å². The number of hydrogen-bond acceptors (Lipinski definition) is 0. The molecule has 0 aliphatic rings. The summed E-state index contributed by atoms with van der Waals surface area (Å²) in [4.78, 5) is 0. The first-order chi connectivity index (χ1) is 8.02. The fourth-order valence-corrected chi connectivity index (χ4v) is 2.45. The van der Waals surface area contributed by atoms with Crippen molar-refractivity contribution in [3.63, 3.8) is 0 Å². The quantitative estimate of drug-likeness (QED) is 0.574. The molecular formula is C19H29Zr. The predicted octanol–water partition coefficient (Wildman–Crippen LogP) is 6.27. The molecule has 0 aromatic heterocycles. The molecule has 0 atom stereocenters.